The van der Waals surface area contributed by atoms with Gasteiger partial charge in [-0.05, 0) is 6.07 Å². The molecule has 3 heterocycles. The molecule has 0 N–H and O–H groups in total. The van der Waals surface area contributed by atoms with Gasteiger partial charge in [0.25, 0.3) is 0 Å². The average molecular weight is 445 g/mol. The van der Waals surface area contributed by atoms with Crippen LogP contribution in [0.2, 0.25) is 5.02 Å². The van der Waals surface area contributed by atoms with E-state index in [2.05, 4.69) is 10.1 Å². The van der Waals surface area contributed by atoms with Crippen molar-refractivity contribution in [3.63, 3.8) is 0 Å². The SMILES string of the molecule is N#Cc1cnn(-c2ncc(C(F)(F)F)cc2Cl)c1C[n+]1ccccc1.[Br-]. The summed E-state index contributed by atoms with van der Waals surface area (Å²) < 4.78 is 41.4. The Morgan fingerprint density at radius 2 is 1.88 bits per heavy atom. The summed E-state index contributed by atoms with van der Waals surface area (Å²) in [6.45, 7) is 0.281. The van der Waals surface area contributed by atoms with Gasteiger partial charge in [-0.3, -0.25) is 0 Å². The number of rotatable bonds is 3. The highest BCUT2D eigenvalue weighted by molar-refractivity contribution is 6.32. The van der Waals surface area contributed by atoms with Crippen LogP contribution in [0.25, 0.3) is 5.82 Å². The molecule has 0 saturated carbocycles. The number of aromatic nitrogens is 4. The molecule has 3 aromatic rings. The van der Waals surface area contributed by atoms with E-state index in [0.29, 0.717) is 11.9 Å². The van der Waals surface area contributed by atoms with Crippen molar-refractivity contribution in [1.29, 1.82) is 5.26 Å². The Hall–Kier alpha value is -2.44. The smallest absolute Gasteiger partial charge is 0.417 e. The molecule has 0 amide bonds. The molecule has 0 unspecified atom stereocenters. The lowest BCUT2D eigenvalue weighted by Crippen LogP contribution is -3.00. The first-order chi connectivity index (χ1) is 11.9. The van der Waals surface area contributed by atoms with Crippen molar-refractivity contribution in [3.8, 4) is 11.9 Å². The van der Waals surface area contributed by atoms with Crippen LogP contribution in [0.1, 0.15) is 16.8 Å². The van der Waals surface area contributed by atoms with Gasteiger partial charge in [0.1, 0.15) is 17.3 Å². The van der Waals surface area contributed by atoms with Crippen LogP contribution < -0.4 is 21.5 Å². The lowest BCUT2D eigenvalue weighted by Gasteiger charge is -2.10. The number of pyridine rings is 2. The van der Waals surface area contributed by atoms with Crippen molar-refractivity contribution in [2.75, 3.05) is 0 Å². The van der Waals surface area contributed by atoms with E-state index in [0.717, 1.165) is 6.07 Å². The molecule has 3 aromatic heterocycles. The van der Waals surface area contributed by atoms with E-state index < -0.39 is 11.7 Å². The first kappa shape index (κ1) is 19.9. The van der Waals surface area contributed by atoms with Crippen LogP contribution in [0.4, 0.5) is 13.2 Å². The Labute approximate surface area is 162 Å². The minimum Gasteiger partial charge on any atom is -1.00 e. The van der Waals surface area contributed by atoms with Crippen LogP contribution in [0.5, 0.6) is 0 Å². The summed E-state index contributed by atoms with van der Waals surface area (Å²) >= 11 is 5.98. The van der Waals surface area contributed by atoms with Gasteiger partial charge in [-0.15, -0.1) is 0 Å². The minimum absolute atomic E-state index is 0. The second-order valence-electron chi connectivity index (χ2n) is 5.10. The van der Waals surface area contributed by atoms with Gasteiger partial charge < -0.3 is 17.0 Å². The summed E-state index contributed by atoms with van der Waals surface area (Å²) in [5.41, 5.74) is -0.199. The molecule has 0 aliphatic rings. The third-order valence-electron chi connectivity index (χ3n) is 3.45. The van der Waals surface area contributed by atoms with Gasteiger partial charge >= 0.3 is 6.18 Å². The van der Waals surface area contributed by atoms with Gasteiger partial charge in [-0.1, -0.05) is 17.7 Å². The number of nitriles is 1. The summed E-state index contributed by atoms with van der Waals surface area (Å²) in [7, 11) is 0. The zero-order valence-electron chi connectivity index (χ0n) is 13.0. The summed E-state index contributed by atoms with van der Waals surface area (Å²) in [6.07, 6.45) is 1.06. The van der Waals surface area contributed by atoms with Gasteiger partial charge in [0.15, 0.2) is 24.8 Å². The second kappa shape index (κ2) is 7.85. The van der Waals surface area contributed by atoms with Gasteiger partial charge in [0.2, 0.25) is 0 Å². The van der Waals surface area contributed by atoms with Gasteiger partial charge in [0, 0.05) is 18.3 Å². The normalized spacial score (nSPS) is 10.9. The van der Waals surface area contributed by atoms with Crippen LogP contribution in [-0.4, -0.2) is 14.8 Å². The summed E-state index contributed by atoms with van der Waals surface area (Å²) in [4.78, 5) is 3.79. The molecule has 0 fully saturated rings. The van der Waals surface area contributed by atoms with Gasteiger partial charge in [0.05, 0.1) is 16.8 Å². The van der Waals surface area contributed by atoms with Crippen LogP contribution in [0.3, 0.4) is 0 Å². The van der Waals surface area contributed by atoms with E-state index in [4.69, 9.17) is 11.6 Å². The number of hydrogen-bond acceptors (Lipinski definition) is 3. The third-order valence-corrected chi connectivity index (χ3v) is 3.73. The van der Waals surface area contributed by atoms with Crippen LogP contribution in [-0.2, 0) is 12.7 Å². The fourth-order valence-corrected chi connectivity index (χ4v) is 2.50. The van der Waals surface area contributed by atoms with Gasteiger partial charge in [-0.2, -0.15) is 28.1 Å². The molecule has 0 aliphatic heterocycles. The molecular weight excluding hydrogens is 435 g/mol. The molecule has 0 radical (unpaired) electrons. The predicted molar refractivity (Wildman–Crippen MR) is 81.8 cm³/mol. The fourth-order valence-electron chi connectivity index (χ4n) is 2.26. The summed E-state index contributed by atoms with van der Waals surface area (Å²) in [5, 5.41) is 13.1. The molecule has 5 nitrogen and oxygen atoms in total. The highest BCUT2D eigenvalue weighted by atomic mass is 79.9. The standard InChI is InChI=1S/C16H10ClF3N5.BrH/c17-13-6-12(16(18,19)20)9-22-15(13)25-14(11(7-21)8-23-25)10-24-4-2-1-3-5-24;/h1-6,8-9H,10H2;1H/q+1;/p-1. The Balaban J connectivity index is 0.00000243. The summed E-state index contributed by atoms with van der Waals surface area (Å²) in [5.74, 6) is 0.0303. The topological polar surface area (TPSA) is 58.4 Å². The van der Waals surface area contributed by atoms with Crippen molar-refractivity contribution < 1.29 is 34.7 Å². The Bertz CT molecular complexity index is 951. The first-order valence-electron chi connectivity index (χ1n) is 7.04. The molecule has 0 saturated heterocycles. The minimum atomic E-state index is -4.54. The second-order valence-corrected chi connectivity index (χ2v) is 5.51. The van der Waals surface area contributed by atoms with Crippen LogP contribution in [0.15, 0.2) is 49.1 Å². The Morgan fingerprint density at radius 1 is 1.19 bits per heavy atom. The molecule has 0 aromatic carbocycles. The van der Waals surface area contributed by atoms with E-state index in [9.17, 15) is 18.4 Å². The molecule has 3 rings (SSSR count). The van der Waals surface area contributed by atoms with Crippen LogP contribution >= 0.6 is 11.6 Å². The fraction of sp³-hybridized carbons (Fsp3) is 0.125. The molecule has 10 heteroatoms. The lowest BCUT2D eigenvalue weighted by atomic mass is 10.2. The number of alkyl halides is 3. The molecule has 134 valence electrons. The number of hydrogen-bond donors (Lipinski definition) is 0. The molecule has 0 bridgehead atoms. The maximum absolute atomic E-state index is 12.8. The van der Waals surface area contributed by atoms with Crippen molar-refractivity contribution in [2.24, 2.45) is 0 Å². The maximum atomic E-state index is 12.8. The van der Waals surface area contributed by atoms with Crippen molar-refractivity contribution in [1.82, 2.24) is 14.8 Å². The molecule has 0 aliphatic carbocycles. The Kier molecular flexibility index (Phi) is 6.00. The average Bonchev–Trinajstić information content (AvgIpc) is 2.97. The van der Waals surface area contributed by atoms with E-state index in [1.807, 2.05) is 24.3 Å². The highest BCUT2D eigenvalue weighted by Gasteiger charge is 2.32. The third kappa shape index (κ3) is 4.03. The monoisotopic (exact) mass is 443 g/mol. The number of halogens is 5. The summed E-state index contributed by atoms with van der Waals surface area (Å²) in [6, 6.07) is 8.27. The molecular formula is C16H10BrClF3N5. The first-order valence-corrected chi connectivity index (χ1v) is 7.42. The quantitative estimate of drug-likeness (QED) is 0.541. The van der Waals surface area contributed by atoms with Crippen molar-refractivity contribution in [2.45, 2.75) is 12.7 Å². The van der Waals surface area contributed by atoms with E-state index in [1.54, 1.807) is 17.0 Å². The highest BCUT2D eigenvalue weighted by Crippen LogP contribution is 2.32. The lowest BCUT2D eigenvalue weighted by molar-refractivity contribution is -0.689. The van der Waals surface area contributed by atoms with E-state index in [-0.39, 0.29) is 39.9 Å². The predicted octanol–water partition coefficient (Wildman–Crippen LogP) is 0.151. The number of nitrogens with zero attached hydrogens (tertiary/aromatic N) is 5. The molecule has 0 atom stereocenters. The van der Waals surface area contributed by atoms with E-state index in [1.165, 1.54) is 10.9 Å². The van der Waals surface area contributed by atoms with E-state index >= 15 is 0 Å². The molecule has 26 heavy (non-hydrogen) atoms. The Morgan fingerprint density at radius 3 is 2.46 bits per heavy atom. The van der Waals surface area contributed by atoms with Crippen molar-refractivity contribution >= 4 is 11.6 Å². The van der Waals surface area contributed by atoms with Gasteiger partial charge in [-0.25, -0.2) is 9.67 Å². The zero-order chi connectivity index (χ0) is 18.0. The zero-order valence-corrected chi connectivity index (χ0v) is 15.3. The van der Waals surface area contributed by atoms with Crippen LogP contribution in [0, 0.1) is 11.3 Å². The largest absolute Gasteiger partial charge is 1.00 e. The molecule has 0 spiro atoms. The van der Waals surface area contributed by atoms with Crippen molar-refractivity contribution in [3.05, 3.63) is 70.9 Å². The maximum Gasteiger partial charge on any atom is 0.417 e.